The number of carbonyl (C=O) groups is 1. The fourth-order valence-electron chi connectivity index (χ4n) is 2.05. The van der Waals surface area contributed by atoms with Crippen LogP contribution in [0.2, 0.25) is 0 Å². The summed E-state index contributed by atoms with van der Waals surface area (Å²) in [5, 5.41) is 18.0. The topological polar surface area (TPSA) is 70.0 Å². The van der Waals surface area contributed by atoms with Crippen LogP contribution < -0.4 is 4.90 Å². The summed E-state index contributed by atoms with van der Waals surface area (Å²) in [6.45, 7) is 0.168. The standard InChI is InChI=1S/C15H21F2NO4/c1-22-14(21)5-6-15(16,17)12-3-2-4-13(11-12)18(7-9-19)8-10-20/h2-4,11,19-20H,5-10H2,1H3. The predicted octanol–water partition coefficient (Wildman–Crippen LogP) is 1.52. The van der Waals surface area contributed by atoms with Crippen molar-refractivity contribution >= 4 is 11.7 Å². The second-order valence-corrected chi connectivity index (χ2v) is 4.77. The number of hydrogen-bond acceptors (Lipinski definition) is 5. The maximum Gasteiger partial charge on any atom is 0.305 e. The predicted molar refractivity (Wildman–Crippen MR) is 78.0 cm³/mol. The number of nitrogens with zero attached hydrogens (tertiary/aromatic N) is 1. The first-order chi connectivity index (χ1) is 10.4. The van der Waals surface area contributed by atoms with Crippen LogP contribution >= 0.6 is 0 Å². The smallest absolute Gasteiger partial charge is 0.305 e. The zero-order valence-electron chi connectivity index (χ0n) is 12.5. The molecule has 1 rings (SSSR count). The van der Waals surface area contributed by atoms with Crippen LogP contribution in [-0.2, 0) is 15.5 Å². The summed E-state index contributed by atoms with van der Waals surface area (Å²) in [6, 6.07) is 5.71. The summed E-state index contributed by atoms with van der Waals surface area (Å²) in [6.07, 6.45) is -1.01. The van der Waals surface area contributed by atoms with E-state index in [0.29, 0.717) is 5.69 Å². The molecule has 0 aliphatic rings. The van der Waals surface area contributed by atoms with E-state index in [1.54, 1.807) is 11.0 Å². The molecular weight excluding hydrogens is 296 g/mol. The molecule has 0 saturated heterocycles. The van der Waals surface area contributed by atoms with Gasteiger partial charge in [0.2, 0.25) is 0 Å². The lowest BCUT2D eigenvalue weighted by atomic mass is 10.0. The van der Waals surface area contributed by atoms with E-state index in [0.717, 1.165) is 7.11 Å². The number of carbonyl (C=O) groups excluding carboxylic acids is 1. The highest BCUT2D eigenvalue weighted by molar-refractivity contribution is 5.69. The van der Waals surface area contributed by atoms with Crippen LogP contribution in [0.15, 0.2) is 24.3 Å². The third-order valence-electron chi connectivity index (χ3n) is 3.24. The van der Waals surface area contributed by atoms with Crippen molar-refractivity contribution in [2.45, 2.75) is 18.8 Å². The highest BCUT2D eigenvalue weighted by Crippen LogP contribution is 2.34. The van der Waals surface area contributed by atoms with Crippen molar-refractivity contribution in [3.63, 3.8) is 0 Å². The molecule has 0 aromatic heterocycles. The van der Waals surface area contributed by atoms with Gasteiger partial charge in [0.15, 0.2) is 0 Å². The van der Waals surface area contributed by atoms with Gasteiger partial charge < -0.3 is 19.8 Å². The first-order valence-electron chi connectivity index (χ1n) is 6.96. The van der Waals surface area contributed by atoms with Crippen molar-refractivity contribution in [3.05, 3.63) is 29.8 Å². The molecule has 2 N–H and O–H groups in total. The molecule has 0 amide bonds. The third kappa shape index (κ3) is 5.23. The van der Waals surface area contributed by atoms with Crippen LogP contribution in [0.4, 0.5) is 14.5 Å². The SMILES string of the molecule is COC(=O)CCC(F)(F)c1cccc(N(CCO)CCO)c1. The molecule has 0 saturated carbocycles. The molecule has 0 heterocycles. The molecule has 0 radical (unpaired) electrons. The van der Waals surface area contributed by atoms with Crippen LogP contribution in [-0.4, -0.2) is 49.6 Å². The Morgan fingerprint density at radius 1 is 1.27 bits per heavy atom. The Morgan fingerprint density at radius 3 is 2.45 bits per heavy atom. The second kappa shape index (κ2) is 8.65. The molecule has 22 heavy (non-hydrogen) atoms. The maximum absolute atomic E-state index is 14.1. The van der Waals surface area contributed by atoms with Crippen molar-refractivity contribution < 1.29 is 28.5 Å². The second-order valence-electron chi connectivity index (χ2n) is 4.77. The number of alkyl halides is 2. The van der Waals surface area contributed by atoms with Gasteiger partial charge in [-0.15, -0.1) is 0 Å². The van der Waals surface area contributed by atoms with Gasteiger partial charge in [0.1, 0.15) is 0 Å². The Labute approximate surface area is 128 Å². The largest absolute Gasteiger partial charge is 0.469 e. The zero-order chi connectivity index (χ0) is 16.6. The molecule has 0 bridgehead atoms. The molecule has 0 spiro atoms. The fourth-order valence-corrected chi connectivity index (χ4v) is 2.05. The van der Waals surface area contributed by atoms with Crippen molar-refractivity contribution in [3.8, 4) is 0 Å². The molecule has 0 aliphatic heterocycles. The van der Waals surface area contributed by atoms with Gasteiger partial charge in [-0.1, -0.05) is 12.1 Å². The van der Waals surface area contributed by atoms with Crippen LogP contribution in [0.25, 0.3) is 0 Å². The fraction of sp³-hybridized carbons (Fsp3) is 0.533. The van der Waals surface area contributed by atoms with E-state index >= 15 is 0 Å². The summed E-state index contributed by atoms with van der Waals surface area (Å²) < 4.78 is 32.7. The van der Waals surface area contributed by atoms with E-state index in [1.807, 2.05) is 0 Å². The summed E-state index contributed by atoms with van der Waals surface area (Å²) in [7, 11) is 1.16. The Balaban J connectivity index is 2.91. The summed E-state index contributed by atoms with van der Waals surface area (Å²) in [4.78, 5) is 12.6. The monoisotopic (exact) mass is 317 g/mol. The van der Waals surface area contributed by atoms with E-state index in [4.69, 9.17) is 10.2 Å². The zero-order valence-corrected chi connectivity index (χ0v) is 12.5. The Kier molecular flexibility index (Phi) is 7.20. The van der Waals surface area contributed by atoms with E-state index in [1.165, 1.54) is 18.2 Å². The number of hydrogen-bond donors (Lipinski definition) is 2. The van der Waals surface area contributed by atoms with E-state index in [9.17, 15) is 13.6 Å². The first kappa shape index (κ1) is 18.3. The summed E-state index contributed by atoms with van der Waals surface area (Å²) in [5.41, 5.74) is 0.271. The number of rotatable bonds is 9. The van der Waals surface area contributed by atoms with Gasteiger partial charge in [0, 0.05) is 30.8 Å². The average Bonchev–Trinajstić information content (AvgIpc) is 2.52. The molecule has 1 aromatic rings. The molecule has 124 valence electrons. The molecule has 0 unspecified atom stereocenters. The molecule has 7 heteroatoms. The van der Waals surface area contributed by atoms with E-state index < -0.39 is 18.3 Å². The van der Waals surface area contributed by atoms with Gasteiger partial charge in [-0.3, -0.25) is 4.79 Å². The highest BCUT2D eigenvalue weighted by atomic mass is 19.3. The lowest BCUT2D eigenvalue weighted by molar-refractivity contribution is -0.143. The van der Waals surface area contributed by atoms with Crippen LogP contribution in [0, 0.1) is 0 Å². The number of esters is 1. The molecule has 0 aliphatic carbocycles. The minimum absolute atomic E-state index is 0.150. The molecule has 0 fully saturated rings. The summed E-state index contributed by atoms with van der Waals surface area (Å²) >= 11 is 0. The normalized spacial score (nSPS) is 11.3. The lowest BCUT2D eigenvalue weighted by Gasteiger charge is -2.25. The number of benzene rings is 1. The third-order valence-corrected chi connectivity index (χ3v) is 3.24. The Morgan fingerprint density at radius 2 is 1.91 bits per heavy atom. The van der Waals surface area contributed by atoms with Crippen LogP contribution in [0.3, 0.4) is 0 Å². The number of aliphatic hydroxyl groups is 2. The van der Waals surface area contributed by atoms with Crippen molar-refractivity contribution in [1.29, 1.82) is 0 Å². The van der Waals surface area contributed by atoms with Gasteiger partial charge >= 0.3 is 5.97 Å². The highest BCUT2D eigenvalue weighted by Gasteiger charge is 2.32. The van der Waals surface area contributed by atoms with Crippen LogP contribution in [0.1, 0.15) is 18.4 Å². The average molecular weight is 317 g/mol. The number of aliphatic hydroxyl groups excluding tert-OH is 2. The minimum atomic E-state index is -3.16. The van der Waals surface area contributed by atoms with Gasteiger partial charge in [-0.05, 0) is 12.1 Å². The van der Waals surface area contributed by atoms with Crippen molar-refractivity contribution in [1.82, 2.24) is 0 Å². The van der Waals surface area contributed by atoms with E-state index in [2.05, 4.69) is 4.74 Å². The van der Waals surface area contributed by atoms with Crippen LogP contribution in [0.5, 0.6) is 0 Å². The molecule has 5 nitrogen and oxygen atoms in total. The van der Waals surface area contributed by atoms with E-state index in [-0.39, 0.29) is 38.3 Å². The van der Waals surface area contributed by atoms with Gasteiger partial charge in [-0.25, -0.2) is 8.78 Å². The number of methoxy groups -OCH3 is 1. The number of ether oxygens (including phenoxy) is 1. The molecule has 0 atom stereocenters. The first-order valence-corrected chi connectivity index (χ1v) is 6.96. The maximum atomic E-state index is 14.1. The summed E-state index contributed by atoms with van der Waals surface area (Å²) in [5.74, 6) is -3.84. The van der Waals surface area contributed by atoms with Gasteiger partial charge in [0.05, 0.1) is 26.7 Å². The minimum Gasteiger partial charge on any atom is -0.469 e. The lowest BCUT2D eigenvalue weighted by Crippen LogP contribution is -2.30. The van der Waals surface area contributed by atoms with Gasteiger partial charge in [0.25, 0.3) is 5.92 Å². The van der Waals surface area contributed by atoms with Gasteiger partial charge in [-0.2, -0.15) is 0 Å². The number of halogens is 2. The quantitative estimate of drug-likeness (QED) is 0.676. The van der Waals surface area contributed by atoms with Crippen molar-refractivity contribution in [2.24, 2.45) is 0 Å². The van der Waals surface area contributed by atoms with Crippen molar-refractivity contribution in [2.75, 3.05) is 38.3 Å². The number of anilines is 1. The Bertz CT molecular complexity index is 476. The Hall–Kier alpha value is -1.73. The molecular formula is C15H21F2NO4. The molecule has 1 aromatic carbocycles.